The van der Waals surface area contributed by atoms with Crippen LogP contribution in [0.5, 0.6) is 0 Å². The average molecular weight is 270 g/mol. The number of carbonyl (C=O) groups excluding carboxylic acids is 1. The highest BCUT2D eigenvalue weighted by molar-refractivity contribution is 5.93. The molecule has 2 rings (SSSR count). The molecule has 0 spiro atoms. The quantitative estimate of drug-likeness (QED) is 0.782. The van der Waals surface area contributed by atoms with Gasteiger partial charge in [0.2, 0.25) is 5.91 Å². The van der Waals surface area contributed by atoms with E-state index in [2.05, 4.69) is 10.6 Å². The van der Waals surface area contributed by atoms with Gasteiger partial charge in [-0.25, -0.2) is 0 Å². The summed E-state index contributed by atoms with van der Waals surface area (Å²) in [6.45, 7) is 2.08. The van der Waals surface area contributed by atoms with E-state index in [1.54, 1.807) is 0 Å². The zero-order chi connectivity index (χ0) is 14.4. The van der Waals surface area contributed by atoms with Crippen molar-refractivity contribution >= 4 is 17.3 Å². The summed E-state index contributed by atoms with van der Waals surface area (Å²) in [4.78, 5) is 11.9. The Morgan fingerprint density at radius 2 is 1.95 bits per heavy atom. The fourth-order valence-electron chi connectivity index (χ4n) is 1.93. The van der Waals surface area contributed by atoms with Gasteiger partial charge in [0.25, 0.3) is 0 Å². The van der Waals surface area contributed by atoms with E-state index in [1.165, 1.54) is 0 Å². The number of rotatable bonds is 5. The van der Waals surface area contributed by atoms with Gasteiger partial charge < -0.3 is 15.7 Å². The van der Waals surface area contributed by atoms with Crippen molar-refractivity contribution in [2.24, 2.45) is 0 Å². The van der Waals surface area contributed by atoms with Crippen LogP contribution in [0.2, 0.25) is 0 Å². The maximum Gasteiger partial charge on any atom is 0.243 e. The van der Waals surface area contributed by atoms with Crippen LogP contribution >= 0.6 is 0 Å². The molecule has 0 saturated heterocycles. The Kier molecular flexibility index (Phi) is 4.74. The molecule has 0 aliphatic carbocycles. The molecule has 0 heterocycles. The lowest BCUT2D eigenvalue weighted by molar-refractivity contribution is -0.114. The first-order valence-corrected chi connectivity index (χ1v) is 6.48. The van der Waals surface area contributed by atoms with Gasteiger partial charge in [0.05, 0.1) is 13.2 Å². The molecule has 4 heteroatoms. The van der Waals surface area contributed by atoms with E-state index in [9.17, 15) is 9.90 Å². The molecule has 20 heavy (non-hydrogen) atoms. The predicted octanol–water partition coefficient (Wildman–Crippen LogP) is 2.54. The average Bonchev–Trinajstić information content (AvgIpc) is 2.45. The summed E-state index contributed by atoms with van der Waals surface area (Å²) < 4.78 is 0. The molecule has 0 aromatic heterocycles. The topological polar surface area (TPSA) is 61.4 Å². The third-order valence-electron chi connectivity index (χ3n) is 2.93. The lowest BCUT2D eigenvalue weighted by Gasteiger charge is -2.11. The molecule has 1 amide bonds. The largest absolute Gasteiger partial charge is 0.392 e. The van der Waals surface area contributed by atoms with Gasteiger partial charge in [0, 0.05) is 16.9 Å². The zero-order valence-corrected chi connectivity index (χ0v) is 11.4. The molecule has 2 aromatic rings. The molecule has 3 N–H and O–H groups in total. The summed E-state index contributed by atoms with van der Waals surface area (Å²) in [7, 11) is 0. The standard InChI is InChI=1S/C16H18N2O2/c1-12-5-4-7-14(9-12)18-16(20)10-17-15-8-3-2-6-13(15)11-19/h2-9,17,19H,10-11H2,1H3,(H,18,20). The van der Waals surface area contributed by atoms with Crippen LogP contribution in [0.15, 0.2) is 48.5 Å². The molecule has 0 radical (unpaired) electrons. The van der Waals surface area contributed by atoms with Crippen molar-refractivity contribution in [2.75, 3.05) is 17.2 Å². The molecule has 0 aliphatic heterocycles. The van der Waals surface area contributed by atoms with Crippen molar-refractivity contribution in [3.63, 3.8) is 0 Å². The van der Waals surface area contributed by atoms with Crippen LogP contribution in [-0.4, -0.2) is 17.6 Å². The maximum absolute atomic E-state index is 11.9. The first-order chi connectivity index (χ1) is 9.69. The lowest BCUT2D eigenvalue weighted by atomic mass is 10.2. The first-order valence-electron chi connectivity index (χ1n) is 6.48. The molecule has 0 atom stereocenters. The van der Waals surface area contributed by atoms with E-state index < -0.39 is 0 Å². The van der Waals surface area contributed by atoms with Gasteiger partial charge >= 0.3 is 0 Å². The molecule has 0 fully saturated rings. The molecule has 0 aliphatic rings. The number of para-hydroxylation sites is 1. The minimum absolute atomic E-state index is 0.0529. The number of anilines is 2. The molecule has 0 unspecified atom stereocenters. The maximum atomic E-state index is 11.9. The van der Waals surface area contributed by atoms with E-state index in [0.29, 0.717) is 0 Å². The highest BCUT2D eigenvalue weighted by Crippen LogP contribution is 2.14. The lowest BCUT2D eigenvalue weighted by Crippen LogP contribution is -2.22. The smallest absolute Gasteiger partial charge is 0.243 e. The van der Waals surface area contributed by atoms with Crippen LogP contribution < -0.4 is 10.6 Å². The van der Waals surface area contributed by atoms with Crippen LogP contribution in [0.1, 0.15) is 11.1 Å². The van der Waals surface area contributed by atoms with E-state index in [1.807, 2.05) is 55.5 Å². The number of carbonyl (C=O) groups is 1. The summed E-state index contributed by atoms with van der Waals surface area (Å²) in [6, 6.07) is 15.0. The Hall–Kier alpha value is -2.33. The molecule has 104 valence electrons. The van der Waals surface area contributed by atoms with Crippen molar-refractivity contribution < 1.29 is 9.90 Å². The van der Waals surface area contributed by atoms with Gasteiger partial charge in [-0.1, -0.05) is 30.3 Å². The van der Waals surface area contributed by atoms with Gasteiger partial charge in [-0.2, -0.15) is 0 Å². The molecular weight excluding hydrogens is 252 g/mol. The number of aliphatic hydroxyl groups is 1. The van der Waals surface area contributed by atoms with Crippen molar-refractivity contribution in [3.05, 3.63) is 59.7 Å². The Bertz CT molecular complexity index is 597. The summed E-state index contributed by atoms with van der Waals surface area (Å²) in [6.07, 6.45) is 0. The number of aliphatic hydroxyl groups excluding tert-OH is 1. The third-order valence-corrected chi connectivity index (χ3v) is 2.93. The van der Waals surface area contributed by atoms with Crippen LogP contribution in [0, 0.1) is 6.92 Å². The number of nitrogens with one attached hydrogen (secondary N) is 2. The number of hydrogen-bond acceptors (Lipinski definition) is 3. The third kappa shape index (κ3) is 3.83. The summed E-state index contributed by atoms with van der Waals surface area (Å²) in [5.74, 6) is -0.122. The Balaban J connectivity index is 1.92. The Labute approximate surface area is 118 Å². The molecule has 0 bridgehead atoms. The zero-order valence-electron chi connectivity index (χ0n) is 11.4. The highest BCUT2D eigenvalue weighted by atomic mass is 16.3. The van der Waals surface area contributed by atoms with Gasteiger partial charge in [-0.3, -0.25) is 4.79 Å². The molecular formula is C16H18N2O2. The summed E-state index contributed by atoms with van der Waals surface area (Å²) >= 11 is 0. The monoisotopic (exact) mass is 270 g/mol. The Morgan fingerprint density at radius 1 is 1.15 bits per heavy atom. The summed E-state index contributed by atoms with van der Waals surface area (Å²) in [5, 5.41) is 15.1. The van der Waals surface area contributed by atoms with Crippen LogP contribution in [0.25, 0.3) is 0 Å². The number of amides is 1. The van der Waals surface area contributed by atoms with Crippen LogP contribution in [-0.2, 0) is 11.4 Å². The Morgan fingerprint density at radius 3 is 2.70 bits per heavy atom. The second kappa shape index (κ2) is 6.73. The SMILES string of the molecule is Cc1cccc(NC(=O)CNc2ccccc2CO)c1. The van der Waals surface area contributed by atoms with Crippen molar-refractivity contribution in [2.45, 2.75) is 13.5 Å². The first kappa shape index (κ1) is 14.1. The van der Waals surface area contributed by atoms with Crippen LogP contribution in [0.4, 0.5) is 11.4 Å². The molecule has 4 nitrogen and oxygen atoms in total. The molecule has 0 saturated carbocycles. The highest BCUT2D eigenvalue weighted by Gasteiger charge is 2.04. The number of hydrogen-bond donors (Lipinski definition) is 3. The van der Waals surface area contributed by atoms with Crippen molar-refractivity contribution in [1.29, 1.82) is 0 Å². The van der Waals surface area contributed by atoms with E-state index in [4.69, 9.17) is 0 Å². The fraction of sp³-hybridized carbons (Fsp3) is 0.188. The van der Waals surface area contributed by atoms with E-state index in [0.717, 1.165) is 22.5 Å². The van der Waals surface area contributed by atoms with Gasteiger partial charge in [-0.05, 0) is 30.7 Å². The predicted molar refractivity (Wildman–Crippen MR) is 80.7 cm³/mol. The van der Waals surface area contributed by atoms with Crippen molar-refractivity contribution in [3.8, 4) is 0 Å². The summed E-state index contributed by atoms with van der Waals surface area (Å²) in [5.41, 5.74) is 3.43. The minimum atomic E-state index is -0.122. The van der Waals surface area contributed by atoms with Gasteiger partial charge in [-0.15, -0.1) is 0 Å². The van der Waals surface area contributed by atoms with Gasteiger partial charge in [0.1, 0.15) is 0 Å². The number of benzene rings is 2. The second-order valence-electron chi connectivity index (χ2n) is 4.59. The van der Waals surface area contributed by atoms with E-state index >= 15 is 0 Å². The minimum Gasteiger partial charge on any atom is -0.392 e. The second-order valence-corrected chi connectivity index (χ2v) is 4.59. The fourth-order valence-corrected chi connectivity index (χ4v) is 1.93. The van der Waals surface area contributed by atoms with Crippen LogP contribution in [0.3, 0.4) is 0 Å². The molecule has 2 aromatic carbocycles. The van der Waals surface area contributed by atoms with E-state index in [-0.39, 0.29) is 19.1 Å². The van der Waals surface area contributed by atoms with Gasteiger partial charge in [0.15, 0.2) is 0 Å². The number of aryl methyl sites for hydroxylation is 1. The normalized spacial score (nSPS) is 10.1. The van der Waals surface area contributed by atoms with Crippen molar-refractivity contribution in [1.82, 2.24) is 0 Å².